The molecule has 3 fully saturated rings. The molecule has 2 aliphatic heterocycles. The molecule has 0 aromatic rings. The van der Waals surface area contributed by atoms with Crippen LogP contribution in [0.2, 0.25) is 0 Å². The third-order valence-electron chi connectivity index (χ3n) is 6.31. The summed E-state index contributed by atoms with van der Waals surface area (Å²) in [5.41, 5.74) is -0.0763. The lowest BCUT2D eigenvalue weighted by Gasteiger charge is -2.46. The molecule has 1 saturated carbocycles. The molecule has 2 unspecified atom stereocenters. The van der Waals surface area contributed by atoms with Gasteiger partial charge in [-0.25, -0.2) is 0 Å². The number of rotatable bonds is 6. The molecule has 2 saturated heterocycles. The zero-order chi connectivity index (χ0) is 17.9. The summed E-state index contributed by atoms with van der Waals surface area (Å²) >= 11 is 0. The van der Waals surface area contributed by atoms with Crippen molar-refractivity contribution < 1.29 is 9.59 Å². The Bertz CT molecular complexity index is 487. The molecule has 3 aliphatic rings. The fraction of sp³-hybridized carbons (Fsp3) is 0.900. The van der Waals surface area contributed by atoms with Crippen LogP contribution in [0.15, 0.2) is 0 Å². The minimum atomic E-state index is -0.0763. The molecule has 0 spiro atoms. The maximum absolute atomic E-state index is 13.2. The summed E-state index contributed by atoms with van der Waals surface area (Å²) in [5, 5.41) is 6.36. The van der Waals surface area contributed by atoms with Crippen LogP contribution in [0.1, 0.15) is 65.2 Å². The summed E-state index contributed by atoms with van der Waals surface area (Å²) in [4.78, 5) is 27.5. The van der Waals surface area contributed by atoms with E-state index in [2.05, 4.69) is 29.4 Å². The number of likely N-dealkylation sites (tertiary alicyclic amines) is 1. The molecule has 3 rings (SSSR count). The van der Waals surface area contributed by atoms with E-state index >= 15 is 0 Å². The normalized spacial score (nSPS) is 27.6. The second-order valence-electron chi connectivity index (χ2n) is 8.89. The molecule has 2 N–H and O–H groups in total. The van der Waals surface area contributed by atoms with Crippen LogP contribution in [0, 0.1) is 17.3 Å². The molecule has 2 amide bonds. The van der Waals surface area contributed by atoms with E-state index in [1.54, 1.807) is 0 Å². The van der Waals surface area contributed by atoms with Crippen molar-refractivity contribution in [2.24, 2.45) is 17.3 Å². The van der Waals surface area contributed by atoms with Crippen molar-refractivity contribution in [1.29, 1.82) is 0 Å². The summed E-state index contributed by atoms with van der Waals surface area (Å²) in [5.74, 6) is 1.50. The molecule has 0 radical (unpaired) electrons. The number of hydrogen-bond donors (Lipinski definition) is 2. The maximum atomic E-state index is 13.2. The largest absolute Gasteiger partial charge is 0.354 e. The van der Waals surface area contributed by atoms with E-state index in [-0.39, 0.29) is 29.8 Å². The van der Waals surface area contributed by atoms with Gasteiger partial charge in [-0.15, -0.1) is 12.4 Å². The third-order valence-corrected chi connectivity index (χ3v) is 6.31. The van der Waals surface area contributed by atoms with Crippen molar-refractivity contribution in [2.45, 2.75) is 71.3 Å². The van der Waals surface area contributed by atoms with Crippen molar-refractivity contribution in [3.63, 3.8) is 0 Å². The summed E-state index contributed by atoms with van der Waals surface area (Å²) < 4.78 is 0. The second-order valence-corrected chi connectivity index (χ2v) is 8.89. The molecule has 0 aromatic carbocycles. The fourth-order valence-electron chi connectivity index (χ4n) is 4.92. The Morgan fingerprint density at radius 3 is 2.54 bits per heavy atom. The summed E-state index contributed by atoms with van der Waals surface area (Å²) in [6.45, 7) is 7.81. The highest BCUT2D eigenvalue weighted by atomic mass is 35.5. The van der Waals surface area contributed by atoms with Crippen LogP contribution >= 0.6 is 12.4 Å². The van der Waals surface area contributed by atoms with E-state index in [1.807, 2.05) is 0 Å². The number of nitrogens with one attached hydrogen (secondary N) is 2. The molecule has 6 heteroatoms. The van der Waals surface area contributed by atoms with Gasteiger partial charge in [-0.05, 0) is 63.3 Å². The van der Waals surface area contributed by atoms with Gasteiger partial charge in [0, 0.05) is 25.0 Å². The topological polar surface area (TPSA) is 61.4 Å². The molecule has 1 aliphatic carbocycles. The van der Waals surface area contributed by atoms with E-state index in [0.717, 1.165) is 64.6 Å². The van der Waals surface area contributed by atoms with Crippen molar-refractivity contribution >= 4 is 24.2 Å². The Hall–Kier alpha value is -0.810. The Balaban J connectivity index is 0.00000243. The van der Waals surface area contributed by atoms with Gasteiger partial charge in [0.2, 0.25) is 11.8 Å². The van der Waals surface area contributed by atoms with Crippen molar-refractivity contribution in [1.82, 2.24) is 15.5 Å². The standard InChI is InChI=1S/C20H35N3O2.ClH/c1-15(2)12-20(8-5-9-20)19(25)23-11-4-6-16(14-23)13-22-18(24)17-7-3-10-21-17;/h15-17,21H,3-14H2,1-2H3,(H,22,24);1H. The molecular formula is C20H36ClN3O2. The predicted molar refractivity (Wildman–Crippen MR) is 106 cm³/mol. The number of carbonyl (C=O) groups is 2. The Kier molecular flexibility index (Phi) is 7.77. The van der Waals surface area contributed by atoms with Crippen LogP contribution < -0.4 is 10.6 Å². The molecule has 26 heavy (non-hydrogen) atoms. The highest BCUT2D eigenvalue weighted by molar-refractivity contribution is 5.85. The zero-order valence-corrected chi connectivity index (χ0v) is 17.2. The summed E-state index contributed by atoms with van der Waals surface area (Å²) in [6.07, 6.45) is 8.55. The lowest BCUT2D eigenvalue weighted by molar-refractivity contribution is -0.150. The SMILES string of the molecule is CC(C)CC1(C(=O)N2CCCC(CNC(=O)C3CCCN3)C2)CCC1.Cl. The van der Waals surface area contributed by atoms with Crippen LogP contribution in [-0.4, -0.2) is 48.9 Å². The van der Waals surface area contributed by atoms with Gasteiger partial charge in [-0.2, -0.15) is 0 Å². The van der Waals surface area contributed by atoms with E-state index in [9.17, 15) is 9.59 Å². The van der Waals surface area contributed by atoms with Gasteiger partial charge in [-0.1, -0.05) is 20.3 Å². The molecule has 5 nitrogen and oxygen atoms in total. The summed E-state index contributed by atoms with van der Waals surface area (Å²) in [6, 6.07) is -0.00869. The van der Waals surface area contributed by atoms with Gasteiger partial charge in [-0.3, -0.25) is 9.59 Å². The molecule has 2 atom stereocenters. The van der Waals surface area contributed by atoms with Crippen LogP contribution in [0.5, 0.6) is 0 Å². The van der Waals surface area contributed by atoms with Gasteiger partial charge in [0.15, 0.2) is 0 Å². The molecule has 2 heterocycles. The summed E-state index contributed by atoms with van der Waals surface area (Å²) in [7, 11) is 0. The Morgan fingerprint density at radius 1 is 1.19 bits per heavy atom. The number of piperidine rings is 1. The first-order valence-corrected chi connectivity index (χ1v) is 10.3. The van der Waals surface area contributed by atoms with Crippen LogP contribution in [-0.2, 0) is 9.59 Å². The van der Waals surface area contributed by atoms with Crippen molar-refractivity contribution in [2.75, 3.05) is 26.2 Å². The van der Waals surface area contributed by atoms with Crippen molar-refractivity contribution in [3.05, 3.63) is 0 Å². The average Bonchev–Trinajstić information content (AvgIpc) is 3.10. The maximum Gasteiger partial charge on any atom is 0.237 e. The highest BCUT2D eigenvalue weighted by Gasteiger charge is 2.46. The van der Waals surface area contributed by atoms with Gasteiger partial charge >= 0.3 is 0 Å². The van der Waals surface area contributed by atoms with Crippen LogP contribution in [0.25, 0.3) is 0 Å². The molecular weight excluding hydrogens is 350 g/mol. The molecule has 150 valence electrons. The monoisotopic (exact) mass is 385 g/mol. The minimum Gasteiger partial charge on any atom is -0.354 e. The Morgan fingerprint density at radius 2 is 1.96 bits per heavy atom. The number of nitrogens with zero attached hydrogens (tertiary/aromatic N) is 1. The highest BCUT2D eigenvalue weighted by Crippen LogP contribution is 2.47. The second kappa shape index (κ2) is 9.41. The van der Waals surface area contributed by atoms with Crippen LogP contribution in [0.4, 0.5) is 0 Å². The van der Waals surface area contributed by atoms with E-state index in [0.29, 0.717) is 24.3 Å². The number of hydrogen-bond acceptors (Lipinski definition) is 3. The quantitative estimate of drug-likeness (QED) is 0.739. The van der Waals surface area contributed by atoms with Gasteiger partial charge in [0.25, 0.3) is 0 Å². The fourth-order valence-corrected chi connectivity index (χ4v) is 4.92. The average molecular weight is 386 g/mol. The molecule has 0 aromatic heterocycles. The number of amides is 2. The third kappa shape index (κ3) is 4.92. The number of carbonyl (C=O) groups excluding carboxylic acids is 2. The van der Waals surface area contributed by atoms with Gasteiger partial charge in [0.1, 0.15) is 0 Å². The van der Waals surface area contributed by atoms with E-state index in [4.69, 9.17) is 0 Å². The van der Waals surface area contributed by atoms with Crippen molar-refractivity contribution in [3.8, 4) is 0 Å². The zero-order valence-electron chi connectivity index (χ0n) is 16.4. The lowest BCUT2D eigenvalue weighted by Crippen LogP contribution is -2.53. The first-order chi connectivity index (χ1) is 12.0. The number of halogens is 1. The minimum absolute atomic E-state index is 0. The van der Waals surface area contributed by atoms with E-state index in [1.165, 1.54) is 6.42 Å². The first kappa shape index (κ1) is 21.5. The van der Waals surface area contributed by atoms with Crippen LogP contribution in [0.3, 0.4) is 0 Å². The molecule has 0 bridgehead atoms. The first-order valence-electron chi connectivity index (χ1n) is 10.3. The van der Waals surface area contributed by atoms with Gasteiger partial charge in [0.05, 0.1) is 6.04 Å². The Labute approximate surface area is 164 Å². The van der Waals surface area contributed by atoms with Gasteiger partial charge < -0.3 is 15.5 Å². The predicted octanol–water partition coefficient (Wildman–Crippen LogP) is 2.73. The van der Waals surface area contributed by atoms with E-state index < -0.39 is 0 Å². The smallest absolute Gasteiger partial charge is 0.237 e. The lowest BCUT2D eigenvalue weighted by atomic mass is 9.63.